The van der Waals surface area contributed by atoms with Crippen LogP contribution in [0.1, 0.15) is 97.5 Å². The third-order valence-electron chi connectivity index (χ3n) is 21.0. The molecule has 3 saturated heterocycles. The molecule has 4 aliphatic heterocycles. The van der Waals surface area contributed by atoms with E-state index in [4.69, 9.17) is 74.5 Å². The Bertz CT molecular complexity index is 6290. The van der Waals surface area contributed by atoms with Gasteiger partial charge in [0.1, 0.15) is 102 Å². The first-order valence-corrected chi connectivity index (χ1v) is 44.4. The van der Waals surface area contributed by atoms with E-state index < -0.39 is 100 Å². The van der Waals surface area contributed by atoms with Crippen molar-refractivity contribution in [3.05, 3.63) is 205 Å². The molecule has 3 fully saturated rings. The summed E-state index contributed by atoms with van der Waals surface area (Å²) in [6.45, 7) is 2.11. The highest BCUT2D eigenvalue weighted by molar-refractivity contribution is 8.54. The number of halogens is 2. The number of ether oxygens (including phenoxy) is 7. The molecule has 2 radical (unpaired) electrons. The lowest BCUT2D eigenvalue weighted by atomic mass is 9.95. The molecule has 0 bridgehead atoms. The van der Waals surface area contributed by atoms with Crippen molar-refractivity contribution in [2.75, 3.05) is 42.4 Å². The number of nitrogens with two attached hydrogens (primary N) is 1. The number of pyridine rings is 1. The molecule has 638 valence electrons. The van der Waals surface area contributed by atoms with Crippen LogP contribution >= 0.6 is 25.7 Å². The van der Waals surface area contributed by atoms with Crippen molar-refractivity contribution in [1.82, 2.24) is 68.6 Å². The highest BCUT2D eigenvalue weighted by Crippen LogP contribution is 2.65. The van der Waals surface area contributed by atoms with E-state index in [0.29, 0.717) is 110 Å². The van der Waals surface area contributed by atoms with Gasteiger partial charge in [-0.3, -0.25) is 37.7 Å². The molecule has 2 amide bonds. The average Bonchev–Trinajstić information content (AvgIpc) is 1.31. The zero-order valence-corrected chi connectivity index (χ0v) is 69.6. The molecule has 4 N–H and O–H groups in total. The molecule has 0 unspecified atom stereocenters. The summed E-state index contributed by atoms with van der Waals surface area (Å²) in [6.07, 6.45) is -8.86. The number of amides is 2. The number of alkyl halides is 2. The van der Waals surface area contributed by atoms with Gasteiger partial charge in [-0.15, -0.1) is 5.10 Å². The molecule has 4 aliphatic rings. The zero-order chi connectivity index (χ0) is 86.1. The van der Waals surface area contributed by atoms with E-state index in [9.17, 15) is 28.8 Å². The van der Waals surface area contributed by atoms with E-state index in [-0.39, 0.29) is 104 Å². The number of nitrogens with zero attached hydrogens (tertiary/aromatic N) is 15. The largest absolute Gasteiger partial charge is 0.492 e. The normalized spacial score (nSPS) is 21.5. The summed E-state index contributed by atoms with van der Waals surface area (Å²) in [5, 5.41) is 23.7. The Hall–Kier alpha value is -11.9. The number of benzene rings is 6. The fourth-order valence-electron chi connectivity index (χ4n) is 15.1. The van der Waals surface area contributed by atoms with Gasteiger partial charge < -0.3 is 62.5 Å². The van der Waals surface area contributed by atoms with Gasteiger partial charge in [0, 0.05) is 41.7 Å². The fourth-order valence-corrected chi connectivity index (χ4v) is 19.5. The molecule has 0 saturated carbocycles. The Labute approximate surface area is 710 Å². The Morgan fingerprint density at radius 3 is 2.10 bits per heavy atom. The Morgan fingerprint density at radius 1 is 0.710 bits per heavy atom. The highest BCUT2D eigenvalue weighted by atomic mass is 32.7. The maximum Gasteiger partial charge on any atom is 0.413 e. The predicted octanol–water partition coefficient (Wildman–Crippen LogP) is 13.4. The zero-order valence-electron chi connectivity index (χ0n) is 67.0. The average molecular weight is 1750 g/mol. The Balaban J connectivity index is 0.498. The van der Waals surface area contributed by atoms with Gasteiger partial charge in [-0.05, 0) is 129 Å². The molecular formula is C83H80BF2N17O18P2S. The van der Waals surface area contributed by atoms with E-state index in [1.807, 2.05) is 84.3 Å². The van der Waals surface area contributed by atoms with E-state index in [2.05, 4.69) is 45.5 Å². The number of carbonyl (C=O) groups is 4. The standard InChI is InChI=1S/C83H80BF2N17O18P2S/c1-5-111-40-62-95-69-71(100(62)42-83(3,4)108)56-16-8-10-18-58(56)94-76(69)96-82(107)113-37-48-22-28-53(29-23-48)116-64(105)21-13-12-20-63(104)99-36-51-14-6-7-15-55(51)68-72(57-17-9-11-19-59(57)99)103(98-97-68)34-35-112-52-32-26-50(27-33-52)81(106)117-54-30-24-49(25-31-54)41-124-123(110)115-39-61-73(65(85)79(119-61)102-46-93-70-75(87)89-44-91-78(70)102)120-122(84,109)114-38-60-74(121-123)66(86)80(118-60)101-45-92-67-47(2)88-43-90-77(67)101/h6-11,14-19,22-33,43-46,60-61,65-66,73-74,79-80,108H,5,12-13,20-21,34-42H2,1-4H3,(H2,87,89,91)(H,94,96,107)/t60-,61-,65-,66-,73-,74-,79-,80-,122+,123+/m1/s1. The van der Waals surface area contributed by atoms with Gasteiger partial charge >= 0.3 is 24.8 Å². The number of anilines is 3. The number of aryl methyl sites for hydroxylation is 1. The van der Waals surface area contributed by atoms with E-state index in [0.717, 1.165) is 22.8 Å². The lowest BCUT2D eigenvalue weighted by molar-refractivity contribution is -0.134. The van der Waals surface area contributed by atoms with Crippen LogP contribution < -0.4 is 30.2 Å². The summed E-state index contributed by atoms with van der Waals surface area (Å²) in [5.41, 5.74) is 13.5. The summed E-state index contributed by atoms with van der Waals surface area (Å²) in [5.74, 6) is 0.170. The molecule has 6 aromatic carbocycles. The van der Waals surface area contributed by atoms with E-state index in [1.54, 1.807) is 91.0 Å². The first-order chi connectivity index (χ1) is 59.9. The van der Waals surface area contributed by atoms with Gasteiger partial charge in [0.25, 0.3) is 7.47 Å². The number of aliphatic hydroxyl groups is 1. The third-order valence-corrected chi connectivity index (χ3v) is 25.7. The van der Waals surface area contributed by atoms with Gasteiger partial charge in [-0.1, -0.05) is 90.1 Å². The molecular weight excluding hydrogens is 1670 g/mol. The molecule has 0 aliphatic carbocycles. The molecule has 13 aromatic rings. The number of nitrogen functional groups attached to an aromatic ring is 1. The number of carbonyl (C=O) groups excluding carboxylic acids is 4. The van der Waals surface area contributed by atoms with Crippen LogP contribution in [0.4, 0.5) is 30.9 Å². The molecule has 11 heterocycles. The van der Waals surface area contributed by atoms with Crippen LogP contribution in [0.25, 0.3) is 66.8 Å². The number of fused-ring (bicyclic) bond motifs is 12. The number of rotatable bonds is 25. The smallest absolute Gasteiger partial charge is 0.413 e. The van der Waals surface area contributed by atoms with Crippen LogP contribution in [0.5, 0.6) is 17.2 Å². The molecule has 7 aromatic heterocycles. The molecule has 0 spiro atoms. The van der Waals surface area contributed by atoms with E-state index in [1.165, 1.54) is 40.2 Å². The van der Waals surface area contributed by atoms with Crippen molar-refractivity contribution in [3.8, 4) is 39.8 Å². The van der Waals surface area contributed by atoms with Gasteiger partial charge in [0.15, 0.2) is 47.7 Å². The number of hydrogen-bond donors (Lipinski definition) is 3. The lowest BCUT2D eigenvalue weighted by Gasteiger charge is -2.30. The minimum atomic E-state index is -4.75. The quantitative estimate of drug-likeness (QED) is 0.0157. The predicted molar refractivity (Wildman–Crippen MR) is 448 cm³/mol. The number of hydrogen-bond acceptors (Lipinski definition) is 30. The first kappa shape index (κ1) is 84.4. The second-order valence-electron chi connectivity index (χ2n) is 30.2. The third kappa shape index (κ3) is 18.1. The van der Waals surface area contributed by atoms with Gasteiger partial charge in [0.2, 0.25) is 13.5 Å². The molecule has 35 nitrogen and oxygen atoms in total. The van der Waals surface area contributed by atoms with Gasteiger partial charge in [0.05, 0.1) is 84.8 Å². The molecule has 41 heteroatoms. The highest BCUT2D eigenvalue weighted by Gasteiger charge is 2.55. The van der Waals surface area contributed by atoms with Crippen molar-refractivity contribution in [2.24, 2.45) is 0 Å². The van der Waals surface area contributed by atoms with E-state index >= 15 is 13.3 Å². The van der Waals surface area contributed by atoms with Crippen LogP contribution in [0, 0.1) is 6.92 Å². The number of esters is 2. The minimum Gasteiger partial charge on any atom is -0.492 e. The number of aromatic nitrogens is 14. The summed E-state index contributed by atoms with van der Waals surface area (Å²) < 4.78 is 134. The second kappa shape index (κ2) is 35.8. The Kier molecular flexibility index (Phi) is 24.3. The topological polar surface area (TPSA) is 414 Å². The van der Waals surface area contributed by atoms with Crippen LogP contribution in [-0.2, 0) is 94.4 Å². The Morgan fingerprint density at radius 2 is 1.35 bits per heavy atom. The maximum atomic E-state index is 17.2. The number of nitrogens with one attached hydrogen (secondary N) is 1. The molecule has 124 heavy (non-hydrogen) atoms. The lowest BCUT2D eigenvalue weighted by Crippen LogP contribution is -2.37. The van der Waals surface area contributed by atoms with Crippen LogP contribution in [0.2, 0.25) is 0 Å². The fraction of sp³-hybridized carbons (Fsp3) is 0.325. The SMILES string of the molecule is [B][P@]1(=O)OC[C@H]2O[C@@H](n3cnc4c(C)ncnc43)[C@H](F)[C@@H]2O[P@@](=O)(SCc2ccc(OC(=O)c3ccc(OCCn4nnc5c4-c4ccccc4N(C(=O)CCCCC(=O)Oc4ccc(COC(=O)Nc6nc7ccccc7c7c6nc(COCC)n7CC(C)(C)O)cc4)Cc4ccccc4-5)cc3)cc2)OC[C@H]2O[C@@H](n3cnc4c(N)ncnc43)[C@H](F)[C@@H]2O1. The summed E-state index contributed by atoms with van der Waals surface area (Å²) in [6, 6.07) is 41.9. The monoisotopic (exact) mass is 1750 g/mol. The van der Waals surface area contributed by atoms with Crippen LogP contribution in [-0.4, -0.2) is 174 Å². The maximum absolute atomic E-state index is 17.2. The number of imidazole rings is 3. The van der Waals surface area contributed by atoms with Crippen molar-refractivity contribution in [2.45, 2.75) is 147 Å². The van der Waals surface area contributed by atoms with Crippen molar-refractivity contribution in [3.63, 3.8) is 0 Å². The van der Waals surface area contributed by atoms with Crippen LogP contribution in [0.3, 0.4) is 0 Å². The minimum absolute atomic E-state index is 0.00134. The first-order valence-electron chi connectivity index (χ1n) is 39.6. The van der Waals surface area contributed by atoms with Crippen molar-refractivity contribution >= 4 is 119 Å². The molecule has 10 atom stereocenters. The van der Waals surface area contributed by atoms with Crippen molar-refractivity contribution in [1.29, 1.82) is 0 Å². The van der Waals surface area contributed by atoms with Gasteiger partial charge in [-0.2, -0.15) is 0 Å². The summed E-state index contributed by atoms with van der Waals surface area (Å²) >= 11 is 0.656. The van der Waals surface area contributed by atoms with Crippen molar-refractivity contribution < 1.29 is 93.4 Å². The summed E-state index contributed by atoms with van der Waals surface area (Å²) in [7, 11) is 1.35. The molecule has 17 rings (SSSR count). The van der Waals surface area contributed by atoms with Gasteiger partial charge in [-0.25, -0.2) is 67.5 Å². The second-order valence-corrected chi connectivity index (χ2v) is 35.8. The number of para-hydroxylation sites is 2. The van der Waals surface area contributed by atoms with Crippen LogP contribution in [0.15, 0.2) is 171 Å². The number of unbranched alkanes of at least 4 members (excludes halogenated alkanes) is 1. The summed E-state index contributed by atoms with van der Waals surface area (Å²) in [4.78, 5) is 91.2.